The highest BCUT2D eigenvalue weighted by Gasteiger charge is 2.63. The number of likely N-dealkylation sites (tertiary alicyclic amines) is 4. The maximum Gasteiger partial charge on any atom is 0.234 e. The van der Waals surface area contributed by atoms with Crippen LogP contribution in [0.2, 0.25) is 0 Å². The molecule has 9 rings (SSSR count). The number of amides is 4. The van der Waals surface area contributed by atoms with Crippen molar-refractivity contribution in [3.05, 3.63) is 112 Å². The maximum absolute atomic E-state index is 14.7. The molecule has 3 aromatic rings. The van der Waals surface area contributed by atoms with Gasteiger partial charge >= 0.3 is 0 Å². The minimum absolute atomic E-state index is 0.0660. The van der Waals surface area contributed by atoms with Crippen molar-refractivity contribution in [3.8, 4) is 5.75 Å². The largest absolute Gasteiger partial charge is 0.508 e. The fourth-order valence-corrected chi connectivity index (χ4v) is 11.2. The van der Waals surface area contributed by atoms with Gasteiger partial charge in [0.2, 0.25) is 23.6 Å². The van der Waals surface area contributed by atoms with Crippen molar-refractivity contribution in [1.82, 2.24) is 19.6 Å². The zero-order valence-corrected chi connectivity index (χ0v) is 32.0. The fraction of sp³-hybridized carbons (Fsp3) is 0.455. The molecule has 0 radical (unpaired) electrons. The molecular weight excluding hydrogens is 744 g/mol. The van der Waals surface area contributed by atoms with Gasteiger partial charge in [0.25, 0.3) is 0 Å². The number of aromatic hydroxyl groups is 1. The van der Waals surface area contributed by atoms with Gasteiger partial charge in [-0.15, -0.1) is 0 Å². The van der Waals surface area contributed by atoms with Crippen LogP contribution in [0.15, 0.2) is 95.0 Å². The molecule has 5 fully saturated rings. The number of hydrogen-bond acceptors (Lipinski definition) is 7. The minimum Gasteiger partial charge on any atom is -0.508 e. The molecule has 9 nitrogen and oxygen atoms in total. The fourth-order valence-electron chi connectivity index (χ4n) is 10.8. The lowest BCUT2D eigenvalue weighted by Crippen LogP contribution is -2.48. The van der Waals surface area contributed by atoms with Gasteiger partial charge < -0.3 is 5.11 Å². The number of fused-ring (bicyclic) bond motifs is 4. The Labute approximate surface area is 325 Å². The smallest absolute Gasteiger partial charge is 0.234 e. The number of phenolic OH excluding ortho intramolecular Hbond substituents is 1. The first-order valence-electron chi connectivity index (χ1n) is 19.7. The molecule has 4 aliphatic heterocycles. The normalized spacial score (nSPS) is 29.7. The van der Waals surface area contributed by atoms with Crippen molar-refractivity contribution in [3.63, 3.8) is 0 Å². The first-order valence-corrected chi connectivity index (χ1v) is 20.5. The minimum atomic E-state index is -0.670. The first-order chi connectivity index (χ1) is 26.3. The lowest BCUT2D eigenvalue weighted by molar-refractivity contribution is -0.146. The summed E-state index contributed by atoms with van der Waals surface area (Å²) in [6.45, 7) is 4.88. The summed E-state index contributed by atoms with van der Waals surface area (Å²) >= 11 is 3.58. The van der Waals surface area contributed by atoms with Gasteiger partial charge in [-0.2, -0.15) is 0 Å². The number of halogens is 1. The van der Waals surface area contributed by atoms with Crippen molar-refractivity contribution < 1.29 is 24.3 Å². The van der Waals surface area contributed by atoms with E-state index in [2.05, 4.69) is 56.1 Å². The van der Waals surface area contributed by atoms with E-state index in [1.807, 2.05) is 42.5 Å². The van der Waals surface area contributed by atoms with Gasteiger partial charge in [0.05, 0.1) is 23.7 Å². The number of carbonyl (C=O) groups is 4. The van der Waals surface area contributed by atoms with Gasteiger partial charge in [-0.05, 0) is 73.8 Å². The third-order valence-electron chi connectivity index (χ3n) is 13.4. The molecular formula is C44H47BrN4O5. The van der Waals surface area contributed by atoms with Gasteiger partial charge in [0, 0.05) is 67.3 Å². The van der Waals surface area contributed by atoms with Crippen LogP contribution < -0.4 is 0 Å². The Kier molecular flexibility index (Phi) is 9.56. The molecule has 2 aliphatic carbocycles. The van der Waals surface area contributed by atoms with E-state index in [9.17, 15) is 24.3 Å². The molecule has 54 heavy (non-hydrogen) atoms. The highest BCUT2D eigenvalue weighted by atomic mass is 79.9. The second kappa shape index (κ2) is 14.5. The van der Waals surface area contributed by atoms with E-state index >= 15 is 0 Å². The Balaban J connectivity index is 0.969. The van der Waals surface area contributed by atoms with Crippen molar-refractivity contribution >= 4 is 39.6 Å². The van der Waals surface area contributed by atoms with E-state index in [0.29, 0.717) is 31.2 Å². The monoisotopic (exact) mass is 790 g/mol. The van der Waals surface area contributed by atoms with Crippen molar-refractivity contribution in [2.45, 2.75) is 69.6 Å². The van der Waals surface area contributed by atoms with Crippen LogP contribution in [0.3, 0.4) is 0 Å². The molecule has 0 bridgehead atoms. The van der Waals surface area contributed by atoms with Crippen LogP contribution in [0.4, 0.5) is 0 Å². The Hall–Kier alpha value is -4.12. The molecule has 3 aromatic carbocycles. The van der Waals surface area contributed by atoms with Crippen molar-refractivity contribution in [2.24, 2.45) is 29.6 Å². The topological polar surface area (TPSA) is 101 Å². The number of allylic oxidation sites excluding steroid dienone is 2. The third kappa shape index (κ3) is 6.24. The van der Waals surface area contributed by atoms with E-state index in [4.69, 9.17) is 0 Å². The maximum atomic E-state index is 14.7. The lowest BCUT2D eigenvalue weighted by atomic mass is 9.57. The van der Waals surface area contributed by atoms with Crippen molar-refractivity contribution in [2.75, 3.05) is 26.2 Å². The summed E-state index contributed by atoms with van der Waals surface area (Å²) in [6, 6.07) is 25.6. The van der Waals surface area contributed by atoms with Crippen LogP contribution >= 0.6 is 15.9 Å². The summed E-state index contributed by atoms with van der Waals surface area (Å²) < 4.78 is 0.763. The molecule has 4 saturated heterocycles. The lowest BCUT2D eigenvalue weighted by Gasteiger charge is -2.44. The summed E-state index contributed by atoms with van der Waals surface area (Å²) in [5.41, 5.74) is 4.01. The third-order valence-corrected chi connectivity index (χ3v) is 13.9. The molecule has 4 heterocycles. The zero-order valence-electron chi connectivity index (χ0n) is 30.4. The quantitative estimate of drug-likeness (QED) is 0.228. The van der Waals surface area contributed by atoms with E-state index in [-0.39, 0.29) is 47.4 Å². The van der Waals surface area contributed by atoms with Crippen molar-refractivity contribution in [1.29, 1.82) is 0 Å². The van der Waals surface area contributed by atoms with Gasteiger partial charge in [-0.3, -0.25) is 38.8 Å². The van der Waals surface area contributed by atoms with E-state index in [1.54, 1.807) is 21.9 Å². The molecule has 0 spiro atoms. The molecule has 6 atom stereocenters. The number of phenols is 1. The molecule has 0 aromatic heterocycles. The van der Waals surface area contributed by atoms with Crippen LogP contribution in [0, 0.1) is 29.6 Å². The molecule has 280 valence electrons. The second-order valence-corrected chi connectivity index (χ2v) is 17.2. The van der Waals surface area contributed by atoms with E-state index < -0.39 is 29.6 Å². The van der Waals surface area contributed by atoms with Gasteiger partial charge in [-0.25, -0.2) is 0 Å². The number of piperidine rings is 2. The Morgan fingerprint density at radius 3 is 1.69 bits per heavy atom. The number of nitrogens with zero attached hydrogens (tertiary/aromatic N) is 4. The van der Waals surface area contributed by atoms with E-state index in [1.165, 1.54) is 11.1 Å². The Morgan fingerprint density at radius 2 is 1.13 bits per heavy atom. The summed E-state index contributed by atoms with van der Waals surface area (Å²) in [5, 5.41) is 11.3. The molecule has 10 heteroatoms. The molecule has 1 N–H and O–H groups in total. The van der Waals surface area contributed by atoms with Crippen LogP contribution in [0.1, 0.15) is 61.1 Å². The van der Waals surface area contributed by atoms with Gasteiger partial charge in [-0.1, -0.05) is 88.2 Å². The van der Waals surface area contributed by atoms with E-state index in [0.717, 1.165) is 62.2 Å². The predicted octanol–water partition coefficient (Wildman–Crippen LogP) is 6.12. The predicted molar refractivity (Wildman–Crippen MR) is 207 cm³/mol. The number of hydrogen-bond donors (Lipinski definition) is 1. The van der Waals surface area contributed by atoms with Crippen LogP contribution in [0.25, 0.3) is 0 Å². The number of rotatable bonds is 7. The van der Waals surface area contributed by atoms with Gasteiger partial charge in [0.1, 0.15) is 5.75 Å². The molecule has 4 amide bonds. The number of carbonyl (C=O) groups excluding carboxylic acids is 4. The summed E-state index contributed by atoms with van der Waals surface area (Å²) in [4.78, 5) is 65.9. The second-order valence-electron chi connectivity index (χ2n) is 16.3. The number of imide groups is 2. The Bertz CT molecular complexity index is 1970. The summed E-state index contributed by atoms with van der Waals surface area (Å²) in [6.07, 6.45) is 5.74. The SMILES string of the molecule is O=C1C2CC=C3C(CC4C(=O)N(C5CCN(Cc6ccccc6)CC5)C(=O)C4C3c3cc(Br)ccc3O)C2C(=O)N1C1CCN(Cc2ccccc2)CC1. The molecule has 6 aliphatic rings. The molecule has 6 unspecified atom stereocenters. The number of benzene rings is 3. The van der Waals surface area contributed by atoms with Crippen LogP contribution in [-0.2, 0) is 32.3 Å². The Morgan fingerprint density at radius 1 is 0.611 bits per heavy atom. The summed E-state index contributed by atoms with van der Waals surface area (Å²) in [7, 11) is 0. The van der Waals surface area contributed by atoms with Crippen LogP contribution in [0.5, 0.6) is 5.75 Å². The summed E-state index contributed by atoms with van der Waals surface area (Å²) in [5.74, 6) is -3.75. The van der Waals surface area contributed by atoms with Crippen LogP contribution in [-0.4, -0.2) is 86.6 Å². The zero-order chi connectivity index (χ0) is 37.1. The average molecular weight is 792 g/mol. The molecule has 1 saturated carbocycles. The highest BCUT2D eigenvalue weighted by Crippen LogP contribution is 2.59. The highest BCUT2D eigenvalue weighted by molar-refractivity contribution is 9.10. The average Bonchev–Trinajstić information content (AvgIpc) is 3.60. The standard InChI is InChI=1S/C44H47BrN4O5/c45-29-11-14-37(50)35(23-29)38-32-12-13-33-39(43(53)48(41(33)51)30-15-19-46(20-16-30)25-27-7-3-1-4-8-27)34(32)24-36-40(38)44(54)49(42(36)52)31-17-21-47(22-18-31)26-28-9-5-2-6-10-28/h1-12,14,23,30-31,33-34,36,38-40,50H,13,15-22,24-26H2. The first kappa shape index (κ1) is 35.6. The van der Waals surface area contributed by atoms with Gasteiger partial charge in [0.15, 0.2) is 0 Å².